The topological polar surface area (TPSA) is 9.23 Å². The summed E-state index contributed by atoms with van der Waals surface area (Å²) >= 11 is 0. The van der Waals surface area contributed by atoms with E-state index in [0.717, 1.165) is 13.2 Å². The van der Waals surface area contributed by atoms with Crippen molar-refractivity contribution < 1.29 is 4.74 Å². The van der Waals surface area contributed by atoms with Crippen molar-refractivity contribution in [2.75, 3.05) is 13.2 Å². The van der Waals surface area contributed by atoms with E-state index < -0.39 is 0 Å². The molecule has 6 heavy (non-hydrogen) atoms. The van der Waals surface area contributed by atoms with E-state index in [4.69, 9.17) is 4.74 Å². The zero-order chi connectivity index (χ0) is 4.24. The van der Waals surface area contributed by atoms with Crippen LogP contribution in [0.2, 0.25) is 0 Å². The standard InChI is InChI=1S/C5H9O/c1-2-4-6-5-3-1/h2H,1,3-5H2/q-1. The summed E-state index contributed by atoms with van der Waals surface area (Å²) in [4.78, 5) is 0. The lowest BCUT2D eigenvalue weighted by Crippen LogP contribution is -2.03. The van der Waals surface area contributed by atoms with Crippen LogP contribution in [0.15, 0.2) is 0 Å². The van der Waals surface area contributed by atoms with Crippen molar-refractivity contribution in [3.05, 3.63) is 6.42 Å². The molecule has 0 amide bonds. The molecule has 1 heterocycles. The lowest BCUT2D eigenvalue weighted by atomic mass is 10.2. The van der Waals surface area contributed by atoms with Crippen molar-refractivity contribution in [1.82, 2.24) is 0 Å². The molecule has 1 aliphatic rings. The van der Waals surface area contributed by atoms with E-state index in [1.807, 2.05) is 0 Å². The van der Waals surface area contributed by atoms with E-state index in [-0.39, 0.29) is 0 Å². The Balaban J connectivity index is 2.00. The van der Waals surface area contributed by atoms with Crippen LogP contribution in [-0.2, 0) is 4.74 Å². The molecule has 0 aromatic heterocycles. The van der Waals surface area contributed by atoms with Crippen molar-refractivity contribution in [2.45, 2.75) is 12.8 Å². The second-order valence-electron chi connectivity index (χ2n) is 1.51. The minimum atomic E-state index is 0.875. The van der Waals surface area contributed by atoms with Crippen LogP contribution in [0.3, 0.4) is 0 Å². The fourth-order valence-corrected chi connectivity index (χ4v) is 0.580. The maximum atomic E-state index is 5.01. The normalized spacial score (nSPS) is 24.0. The molecule has 1 nitrogen and oxygen atoms in total. The molecule has 1 fully saturated rings. The number of hydrogen-bond donors (Lipinski definition) is 0. The highest BCUT2D eigenvalue weighted by Gasteiger charge is 1.85. The first-order chi connectivity index (χ1) is 3.00. The van der Waals surface area contributed by atoms with Gasteiger partial charge >= 0.3 is 0 Å². The maximum absolute atomic E-state index is 5.01. The molecule has 1 rings (SSSR count). The molecule has 0 spiro atoms. The van der Waals surface area contributed by atoms with Gasteiger partial charge in [0, 0.05) is 6.61 Å². The zero-order valence-electron chi connectivity index (χ0n) is 3.81. The van der Waals surface area contributed by atoms with Crippen molar-refractivity contribution >= 4 is 0 Å². The van der Waals surface area contributed by atoms with E-state index in [9.17, 15) is 0 Å². The Kier molecular flexibility index (Phi) is 1.51. The number of hydrogen-bond acceptors (Lipinski definition) is 1. The molecule has 0 aromatic rings. The molecule has 36 valence electrons. The minimum Gasteiger partial charge on any atom is -0.413 e. The van der Waals surface area contributed by atoms with Gasteiger partial charge < -0.3 is 11.2 Å². The fraction of sp³-hybridized carbons (Fsp3) is 0.800. The van der Waals surface area contributed by atoms with Crippen LogP contribution < -0.4 is 0 Å². The van der Waals surface area contributed by atoms with Crippen molar-refractivity contribution in [3.63, 3.8) is 0 Å². The first kappa shape index (κ1) is 4.13. The number of ether oxygens (including phenoxy) is 1. The largest absolute Gasteiger partial charge is 0.413 e. The van der Waals surface area contributed by atoms with Gasteiger partial charge in [-0.3, -0.25) is 0 Å². The Hall–Kier alpha value is -0.0400. The van der Waals surface area contributed by atoms with Crippen LogP contribution in [0, 0.1) is 6.42 Å². The van der Waals surface area contributed by atoms with Crippen LogP contribution in [0.1, 0.15) is 12.8 Å². The van der Waals surface area contributed by atoms with Gasteiger partial charge in [0.05, 0.1) is 0 Å². The fourth-order valence-electron chi connectivity index (χ4n) is 0.580. The van der Waals surface area contributed by atoms with E-state index >= 15 is 0 Å². The van der Waals surface area contributed by atoms with Crippen molar-refractivity contribution in [3.8, 4) is 0 Å². The Morgan fingerprint density at radius 2 is 2.50 bits per heavy atom. The third kappa shape index (κ3) is 0.977. The Bertz CT molecular complexity index is 19.4. The van der Waals surface area contributed by atoms with E-state index in [1.165, 1.54) is 12.8 Å². The molecule has 0 bridgehead atoms. The average molecular weight is 85.1 g/mol. The predicted octanol–water partition coefficient (Wildman–Crippen LogP) is 1.00. The monoisotopic (exact) mass is 85.1 g/mol. The second-order valence-corrected chi connectivity index (χ2v) is 1.51. The lowest BCUT2D eigenvalue weighted by molar-refractivity contribution is 0.127. The summed E-state index contributed by atoms with van der Waals surface area (Å²) in [7, 11) is 0. The molecule has 0 saturated carbocycles. The van der Waals surface area contributed by atoms with Crippen LogP contribution >= 0.6 is 0 Å². The van der Waals surface area contributed by atoms with Crippen molar-refractivity contribution in [1.29, 1.82) is 0 Å². The molecule has 1 saturated heterocycles. The predicted molar refractivity (Wildman–Crippen MR) is 24.4 cm³/mol. The molecular weight excluding hydrogens is 76.1 g/mol. The summed E-state index contributed by atoms with van der Waals surface area (Å²) in [5, 5.41) is 0. The summed E-state index contributed by atoms with van der Waals surface area (Å²) in [6, 6.07) is 0. The Labute approximate surface area is 38.3 Å². The summed E-state index contributed by atoms with van der Waals surface area (Å²) in [5.74, 6) is 0. The molecule has 0 aromatic carbocycles. The molecule has 1 heteroatoms. The molecule has 1 aliphatic heterocycles. The Morgan fingerprint density at radius 1 is 1.50 bits per heavy atom. The van der Waals surface area contributed by atoms with E-state index in [2.05, 4.69) is 6.42 Å². The third-order valence-electron chi connectivity index (χ3n) is 0.933. The van der Waals surface area contributed by atoms with Gasteiger partial charge in [0.1, 0.15) is 0 Å². The molecule has 0 unspecified atom stereocenters. The van der Waals surface area contributed by atoms with E-state index in [1.54, 1.807) is 0 Å². The molecule has 0 N–H and O–H groups in total. The number of rotatable bonds is 0. The van der Waals surface area contributed by atoms with Gasteiger partial charge in [-0.15, -0.1) is 0 Å². The summed E-state index contributed by atoms with van der Waals surface area (Å²) in [5.41, 5.74) is 0. The summed E-state index contributed by atoms with van der Waals surface area (Å²) < 4.78 is 5.01. The summed E-state index contributed by atoms with van der Waals surface area (Å²) in [6.45, 7) is 1.84. The van der Waals surface area contributed by atoms with Crippen molar-refractivity contribution in [2.24, 2.45) is 0 Å². The molecule has 0 aliphatic carbocycles. The smallest absolute Gasteiger partial charge is 0.0406 e. The van der Waals surface area contributed by atoms with Crippen LogP contribution in [-0.4, -0.2) is 13.2 Å². The van der Waals surface area contributed by atoms with Gasteiger partial charge in [-0.05, 0) is 0 Å². The first-order valence-corrected chi connectivity index (χ1v) is 2.39. The van der Waals surface area contributed by atoms with Gasteiger partial charge in [-0.2, -0.15) is 6.42 Å². The maximum Gasteiger partial charge on any atom is 0.0406 e. The highest BCUT2D eigenvalue weighted by atomic mass is 16.5. The lowest BCUT2D eigenvalue weighted by Gasteiger charge is -2.17. The summed E-state index contributed by atoms with van der Waals surface area (Å²) in [6.07, 6.45) is 4.64. The second kappa shape index (κ2) is 2.19. The van der Waals surface area contributed by atoms with Crippen LogP contribution in [0.4, 0.5) is 0 Å². The van der Waals surface area contributed by atoms with E-state index in [0.29, 0.717) is 0 Å². The zero-order valence-corrected chi connectivity index (χ0v) is 3.81. The molecule has 0 radical (unpaired) electrons. The van der Waals surface area contributed by atoms with Gasteiger partial charge in [0.25, 0.3) is 0 Å². The first-order valence-electron chi connectivity index (χ1n) is 2.39. The van der Waals surface area contributed by atoms with Gasteiger partial charge in [0.15, 0.2) is 0 Å². The molecule has 0 atom stereocenters. The van der Waals surface area contributed by atoms with Gasteiger partial charge in [-0.1, -0.05) is 13.0 Å². The van der Waals surface area contributed by atoms with Gasteiger partial charge in [0.2, 0.25) is 0 Å². The molecular formula is C5H9O-. The average Bonchev–Trinajstić information content (AvgIpc) is 1.72. The highest BCUT2D eigenvalue weighted by molar-refractivity contribution is 4.66. The van der Waals surface area contributed by atoms with Crippen LogP contribution in [0.25, 0.3) is 0 Å². The Morgan fingerprint density at radius 3 is 2.67 bits per heavy atom. The quantitative estimate of drug-likeness (QED) is 0.399. The van der Waals surface area contributed by atoms with Gasteiger partial charge in [-0.25, -0.2) is 0 Å². The highest BCUT2D eigenvalue weighted by Crippen LogP contribution is 2.00. The third-order valence-corrected chi connectivity index (χ3v) is 0.933. The van der Waals surface area contributed by atoms with Crippen LogP contribution in [0.5, 0.6) is 0 Å². The minimum absolute atomic E-state index is 0.875. The SMILES string of the molecule is [CH-]1CCCOC1.